The molecular formula is C17H17N3OS2. The first-order valence-corrected chi connectivity index (χ1v) is 9.34. The SMILES string of the molecule is CSc1ccccc1C(=O)NC[C@H](c1cccs1)n1cccn1. The monoisotopic (exact) mass is 343 g/mol. The maximum Gasteiger partial charge on any atom is 0.252 e. The van der Waals surface area contributed by atoms with E-state index in [2.05, 4.69) is 16.5 Å². The summed E-state index contributed by atoms with van der Waals surface area (Å²) in [4.78, 5) is 14.7. The van der Waals surface area contributed by atoms with Gasteiger partial charge in [0.1, 0.15) is 6.04 Å². The Morgan fingerprint density at radius 3 is 2.87 bits per heavy atom. The zero-order valence-corrected chi connectivity index (χ0v) is 14.3. The third kappa shape index (κ3) is 3.65. The molecule has 0 unspecified atom stereocenters. The van der Waals surface area contributed by atoms with Crippen LogP contribution in [-0.2, 0) is 0 Å². The summed E-state index contributed by atoms with van der Waals surface area (Å²) in [7, 11) is 0. The van der Waals surface area contributed by atoms with Crippen molar-refractivity contribution >= 4 is 29.0 Å². The molecule has 0 fully saturated rings. The predicted octanol–water partition coefficient (Wildman–Crippen LogP) is 3.69. The number of amides is 1. The summed E-state index contributed by atoms with van der Waals surface area (Å²) in [5.74, 6) is -0.0522. The maximum absolute atomic E-state index is 12.5. The highest BCUT2D eigenvalue weighted by molar-refractivity contribution is 7.98. The fourth-order valence-electron chi connectivity index (χ4n) is 2.39. The summed E-state index contributed by atoms with van der Waals surface area (Å²) in [5.41, 5.74) is 0.713. The second-order valence-corrected chi connectivity index (χ2v) is 6.75. The zero-order chi connectivity index (χ0) is 16.1. The lowest BCUT2D eigenvalue weighted by Crippen LogP contribution is -2.31. The molecule has 2 heterocycles. The normalized spacial score (nSPS) is 12.0. The van der Waals surface area contributed by atoms with Crippen molar-refractivity contribution in [1.82, 2.24) is 15.1 Å². The van der Waals surface area contributed by atoms with E-state index in [1.54, 1.807) is 29.3 Å². The quantitative estimate of drug-likeness (QED) is 0.695. The lowest BCUT2D eigenvalue weighted by atomic mass is 10.2. The number of carbonyl (C=O) groups is 1. The lowest BCUT2D eigenvalue weighted by Gasteiger charge is -2.17. The molecule has 0 saturated carbocycles. The van der Waals surface area contributed by atoms with Crippen LogP contribution in [0.15, 0.2) is 65.1 Å². The average molecular weight is 343 g/mol. The van der Waals surface area contributed by atoms with Gasteiger partial charge in [0.05, 0.1) is 5.56 Å². The van der Waals surface area contributed by atoms with Crippen molar-refractivity contribution in [3.05, 3.63) is 70.7 Å². The van der Waals surface area contributed by atoms with Crippen molar-refractivity contribution in [1.29, 1.82) is 0 Å². The molecule has 1 atom stereocenters. The molecule has 2 aromatic heterocycles. The van der Waals surface area contributed by atoms with Gasteiger partial charge >= 0.3 is 0 Å². The second-order valence-electron chi connectivity index (χ2n) is 4.93. The Hall–Kier alpha value is -2.05. The minimum Gasteiger partial charge on any atom is -0.349 e. The Morgan fingerprint density at radius 2 is 2.17 bits per heavy atom. The molecule has 3 rings (SSSR count). The van der Waals surface area contributed by atoms with Crippen molar-refractivity contribution < 1.29 is 4.79 Å². The van der Waals surface area contributed by atoms with Gasteiger partial charge in [-0.3, -0.25) is 9.48 Å². The van der Waals surface area contributed by atoms with Gasteiger partial charge in [0.25, 0.3) is 5.91 Å². The molecule has 0 aliphatic rings. The van der Waals surface area contributed by atoms with Gasteiger partial charge in [0, 0.05) is 28.7 Å². The highest BCUT2D eigenvalue weighted by Crippen LogP contribution is 2.23. The van der Waals surface area contributed by atoms with Gasteiger partial charge in [-0.15, -0.1) is 23.1 Å². The molecule has 0 spiro atoms. The Bertz CT molecular complexity index is 720. The predicted molar refractivity (Wildman–Crippen MR) is 95.2 cm³/mol. The van der Waals surface area contributed by atoms with Gasteiger partial charge in [0.2, 0.25) is 0 Å². The highest BCUT2D eigenvalue weighted by atomic mass is 32.2. The largest absolute Gasteiger partial charge is 0.349 e. The van der Waals surface area contributed by atoms with Gasteiger partial charge in [0.15, 0.2) is 0 Å². The van der Waals surface area contributed by atoms with Crippen LogP contribution in [0.25, 0.3) is 0 Å². The first-order chi connectivity index (χ1) is 11.3. The van der Waals surface area contributed by atoms with E-state index >= 15 is 0 Å². The third-order valence-corrected chi connectivity index (χ3v) is 5.29. The number of nitrogens with one attached hydrogen (secondary N) is 1. The molecule has 1 N–H and O–H groups in total. The summed E-state index contributed by atoms with van der Waals surface area (Å²) in [5, 5.41) is 9.41. The van der Waals surface area contributed by atoms with E-state index in [0.29, 0.717) is 12.1 Å². The van der Waals surface area contributed by atoms with Crippen LogP contribution in [0, 0.1) is 0 Å². The fraction of sp³-hybridized carbons (Fsp3) is 0.176. The van der Waals surface area contributed by atoms with Gasteiger partial charge in [-0.05, 0) is 35.9 Å². The zero-order valence-electron chi connectivity index (χ0n) is 12.7. The Labute approximate surface area is 143 Å². The standard InChI is InChI=1S/C17H17N3OS2/c1-22-15-7-3-2-6-13(15)17(21)18-12-14(16-8-4-11-23-16)20-10-5-9-19-20/h2-11,14H,12H2,1H3,(H,18,21)/t14-/m1/s1. The molecule has 0 radical (unpaired) electrons. The van der Waals surface area contributed by atoms with E-state index in [1.165, 1.54) is 4.88 Å². The first kappa shape index (κ1) is 15.8. The van der Waals surface area contributed by atoms with Crippen molar-refractivity contribution in [3.63, 3.8) is 0 Å². The fourth-order valence-corrected chi connectivity index (χ4v) is 3.80. The van der Waals surface area contributed by atoms with E-state index in [0.717, 1.165) is 4.90 Å². The Morgan fingerprint density at radius 1 is 1.30 bits per heavy atom. The van der Waals surface area contributed by atoms with Crippen LogP contribution < -0.4 is 5.32 Å². The van der Waals surface area contributed by atoms with E-state index in [1.807, 2.05) is 58.9 Å². The van der Waals surface area contributed by atoms with Crippen LogP contribution in [0.4, 0.5) is 0 Å². The number of nitrogens with zero attached hydrogens (tertiary/aromatic N) is 2. The van der Waals surface area contributed by atoms with Crippen LogP contribution in [0.5, 0.6) is 0 Å². The number of carbonyl (C=O) groups excluding carboxylic acids is 1. The highest BCUT2D eigenvalue weighted by Gasteiger charge is 2.17. The first-order valence-electron chi connectivity index (χ1n) is 7.23. The molecule has 0 saturated heterocycles. The number of hydrogen-bond acceptors (Lipinski definition) is 4. The molecule has 4 nitrogen and oxygen atoms in total. The van der Waals surface area contributed by atoms with Crippen LogP contribution in [0.1, 0.15) is 21.3 Å². The van der Waals surface area contributed by atoms with E-state index in [4.69, 9.17) is 0 Å². The van der Waals surface area contributed by atoms with Gasteiger partial charge in [-0.2, -0.15) is 5.10 Å². The Kier molecular flexibility index (Phi) is 5.15. The number of thiophene rings is 1. The van der Waals surface area contributed by atoms with Crippen molar-refractivity contribution in [2.75, 3.05) is 12.8 Å². The number of rotatable bonds is 6. The van der Waals surface area contributed by atoms with E-state index in [9.17, 15) is 4.79 Å². The van der Waals surface area contributed by atoms with Crippen LogP contribution in [0.3, 0.4) is 0 Å². The molecule has 0 bridgehead atoms. The van der Waals surface area contributed by atoms with Crippen molar-refractivity contribution in [3.8, 4) is 0 Å². The number of thioether (sulfide) groups is 1. The van der Waals surface area contributed by atoms with Crippen molar-refractivity contribution in [2.45, 2.75) is 10.9 Å². The molecule has 6 heteroatoms. The summed E-state index contributed by atoms with van der Waals surface area (Å²) in [6.45, 7) is 0.504. The summed E-state index contributed by atoms with van der Waals surface area (Å²) < 4.78 is 1.88. The van der Waals surface area contributed by atoms with Crippen LogP contribution >= 0.6 is 23.1 Å². The molecule has 0 aliphatic carbocycles. The number of benzene rings is 1. The minimum absolute atomic E-state index is 0.00962. The van der Waals surface area contributed by atoms with Crippen LogP contribution in [0.2, 0.25) is 0 Å². The molecule has 0 aliphatic heterocycles. The smallest absolute Gasteiger partial charge is 0.252 e. The Balaban J connectivity index is 1.76. The van der Waals surface area contributed by atoms with Gasteiger partial charge < -0.3 is 5.32 Å². The second kappa shape index (κ2) is 7.48. The maximum atomic E-state index is 12.5. The molecule has 1 aromatic carbocycles. The van der Waals surface area contributed by atoms with E-state index in [-0.39, 0.29) is 11.9 Å². The number of aromatic nitrogens is 2. The average Bonchev–Trinajstić information content (AvgIpc) is 3.29. The summed E-state index contributed by atoms with van der Waals surface area (Å²) >= 11 is 3.25. The van der Waals surface area contributed by atoms with Crippen LogP contribution in [-0.4, -0.2) is 28.5 Å². The molecule has 118 valence electrons. The summed E-state index contributed by atoms with van der Waals surface area (Å²) in [6.07, 6.45) is 5.65. The minimum atomic E-state index is -0.0522. The van der Waals surface area contributed by atoms with Crippen molar-refractivity contribution in [2.24, 2.45) is 0 Å². The topological polar surface area (TPSA) is 46.9 Å². The summed E-state index contributed by atoms with van der Waals surface area (Å²) in [6, 6.07) is 13.6. The molecule has 1 amide bonds. The molecule has 3 aromatic rings. The number of hydrogen-bond donors (Lipinski definition) is 1. The lowest BCUT2D eigenvalue weighted by molar-refractivity contribution is 0.0946. The molecule has 23 heavy (non-hydrogen) atoms. The molecular weight excluding hydrogens is 326 g/mol. The van der Waals surface area contributed by atoms with Gasteiger partial charge in [-0.1, -0.05) is 18.2 Å². The van der Waals surface area contributed by atoms with Gasteiger partial charge in [-0.25, -0.2) is 0 Å². The van der Waals surface area contributed by atoms with E-state index < -0.39 is 0 Å². The third-order valence-electron chi connectivity index (χ3n) is 3.52.